The molecule has 3 heterocycles. The number of amides is 1. The zero-order valence-electron chi connectivity index (χ0n) is 17.3. The maximum atomic E-state index is 14.1. The van der Waals surface area contributed by atoms with E-state index in [-0.39, 0.29) is 23.2 Å². The molecule has 2 aliphatic rings. The molecule has 4 rings (SSSR count). The largest absolute Gasteiger partial charge is 0.338 e. The summed E-state index contributed by atoms with van der Waals surface area (Å²) in [6, 6.07) is 8.96. The molecule has 0 radical (unpaired) electrons. The number of nitrogens with zero attached hydrogens (tertiary/aromatic N) is 4. The van der Waals surface area contributed by atoms with E-state index in [1.807, 2.05) is 34.1 Å². The summed E-state index contributed by atoms with van der Waals surface area (Å²) < 4.78 is 16.1. The molecule has 0 aliphatic carbocycles. The number of hydrogen-bond donors (Lipinski definition) is 0. The number of halogens is 1. The predicted octanol–water partition coefficient (Wildman–Crippen LogP) is 3.71. The number of aromatic nitrogens is 2. The Morgan fingerprint density at radius 3 is 2.69 bits per heavy atom. The molecule has 0 bridgehead atoms. The molecular formula is C23H31FN4O. The van der Waals surface area contributed by atoms with Crippen LogP contribution in [-0.4, -0.2) is 51.2 Å². The molecule has 156 valence electrons. The molecular weight excluding hydrogens is 367 g/mol. The van der Waals surface area contributed by atoms with Gasteiger partial charge in [0.25, 0.3) is 0 Å². The van der Waals surface area contributed by atoms with Gasteiger partial charge in [-0.15, -0.1) is 0 Å². The second-order valence-electron chi connectivity index (χ2n) is 8.52. The smallest absolute Gasteiger partial charge is 0.230 e. The van der Waals surface area contributed by atoms with Gasteiger partial charge >= 0.3 is 0 Å². The molecule has 1 spiro atoms. The molecule has 2 fully saturated rings. The molecule has 0 saturated carbocycles. The van der Waals surface area contributed by atoms with Crippen molar-refractivity contribution in [2.45, 2.75) is 58.2 Å². The fourth-order valence-corrected chi connectivity index (χ4v) is 5.23. The first-order valence-electron chi connectivity index (χ1n) is 10.8. The molecule has 5 nitrogen and oxygen atoms in total. The van der Waals surface area contributed by atoms with Crippen molar-refractivity contribution in [1.82, 2.24) is 19.6 Å². The third kappa shape index (κ3) is 4.08. The minimum Gasteiger partial charge on any atom is -0.338 e. The van der Waals surface area contributed by atoms with E-state index < -0.39 is 0 Å². The first-order valence-corrected chi connectivity index (χ1v) is 10.8. The number of piperidine rings is 2. The van der Waals surface area contributed by atoms with Crippen molar-refractivity contribution in [1.29, 1.82) is 0 Å². The van der Waals surface area contributed by atoms with Gasteiger partial charge in [0.05, 0.1) is 5.41 Å². The van der Waals surface area contributed by atoms with Crippen molar-refractivity contribution >= 4 is 5.91 Å². The number of carbonyl (C=O) groups excluding carboxylic acids is 1. The van der Waals surface area contributed by atoms with E-state index in [9.17, 15) is 9.18 Å². The van der Waals surface area contributed by atoms with Gasteiger partial charge in [0, 0.05) is 50.2 Å². The van der Waals surface area contributed by atoms with Crippen LogP contribution in [0.4, 0.5) is 4.39 Å². The summed E-state index contributed by atoms with van der Waals surface area (Å²) in [6.07, 6.45) is 8.74. The summed E-state index contributed by atoms with van der Waals surface area (Å²) in [4.78, 5) is 18.0. The quantitative estimate of drug-likeness (QED) is 0.745. The summed E-state index contributed by atoms with van der Waals surface area (Å²) in [7, 11) is 0. The van der Waals surface area contributed by atoms with Gasteiger partial charge in [-0.1, -0.05) is 18.2 Å². The highest BCUT2D eigenvalue weighted by molar-refractivity contribution is 5.84. The molecule has 1 aromatic heterocycles. The average molecular weight is 399 g/mol. The molecule has 0 unspecified atom stereocenters. The van der Waals surface area contributed by atoms with E-state index in [0.29, 0.717) is 12.1 Å². The minimum absolute atomic E-state index is 0.213. The van der Waals surface area contributed by atoms with Crippen molar-refractivity contribution in [2.75, 3.05) is 19.6 Å². The first kappa shape index (κ1) is 20.1. The summed E-state index contributed by atoms with van der Waals surface area (Å²) in [5, 5.41) is 4.28. The van der Waals surface area contributed by atoms with Crippen LogP contribution in [0.1, 0.15) is 44.6 Å². The highest BCUT2D eigenvalue weighted by atomic mass is 19.1. The van der Waals surface area contributed by atoms with Gasteiger partial charge < -0.3 is 4.90 Å². The zero-order chi connectivity index (χ0) is 20.3. The van der Waals surface area contributed by atoms with E-state index in [4.69, 9.17) is 0 Å². The molecule has 1 amide bonds. The molecule has 2 saturated heterocycles. The Morgan fingerprint density at radius 2 is 1.93 bits per heavy atom. The lowest BCUT2D eigenvalue weighted by atomic mass is 9.67. The fourth-order valence-electron chi connectivity index (χ4n) is 5.23. The average Bonchev–Trinajstić information content (AvgIpc) is 3.24. The van der Waals surface area contributed by atoms with Crippen LogP contribution in [0.5, 0.6) is 0 Å². The Hall–Kier alpha value is -2.21. The van der Waals surface area contributed by atoms with Crippen molar-refractivity contribution in [3.05, 3.63) is 54.1 Å². The van der Waals surface area contributed by atoms with E-state index in [1.165, 1.54) is 6.07 Å². The maximum Gasteiger partial charge on any atom is 0.230 e. The van der Waals surface area contributed by atoms with Gasteiger partial charge in [-0.3, -0.25) is 14.4 Å². The Morgan fingerprint density at radius 1 is 1.14 bits per heavy atom. The van der Waals surface area contributed by atoms with Gasteiger partial charge in [-0.05, 0) is 57.7 Å². The summed E-state index contributed by atoms with van der Waals surface area (Å²) >= 11 is 0. The predicted molar refractivity (Wildman–Crippen MR) is 111 cm³/mol. The zero-order valence-corrected chi connectivity index (χ0v) is 17.3. The minimum atomic E-state index is -0.326. The van der Waals surface area contributed by atoms with Gasteiger partial charge in [-0.2, -0.15) is 5.10 Å². The third-order valence-corrected chi connectivity index (χ3v) is 6.89. The second-order valence-corrected chi connectivity index (χ2v) is 8.52. The topological polar surface area (TPSA) is 41.4 Å². The Labute approximate surface area is 172 Å². The monoisotopic (exact) mass is 398 g/mol. The Bertz CT molecular complexity index is 820. The molecule has 6 heteroatoms. The number of rotatable bonds is 6. The van der Waals surface area contributed by atoms with Gasteiger partial charge in [0.15, 0.2) is 0 Å². The first-order chi connectivity index (χ1) is 14.1. The van der Waals surface area contributed by atoms with Crippen molar-refractivity contribution < 1.29 is 9.18 Å². The van der Waals surface area contributed by atoms with Crippen LogP contribution in [0, 0.1) is 11.2 Å². The molecule has 0 N–H and O–H groups in total. The van der Waals surface area contributed by atoms with Crippen molar-refractivity contribution in [3.63, 3.8) is 0 Å². The number of hydrogen-bond acceptors (Lipinski definition) is 3. The highest BCUT2D eigenvalue weighted by Gasteiger charge is 2.50. The number of aryl methyl sites for hydroxylation is 1. The molecule has 2 atom stereocenters. The lowest BCUT2D eigenvalue weighted by molar-refractivity contribution is -0.156. The lowest BCUT2D eigenvalue weighted by Crippen LogP contribution is -2.60. The van der Waals surface area contributed by atoms with Crippen LogP contribution in [0.3, 0.4) is 0 Å². The van der Waals surface area contributed by atoms with Crippen LogP contribution in [-0.2, 0) is 17.9 Å². The van der Waals surface area contributed by atoms with Crippen LogP contribution in [0.25, 0.3) is 0 Å². The van der Waals surface area contributed by atoms with E-state index in [1.54, 1.807) is 12.1 Å². The fraction of sp³-hybridized carbons (Fsp3) is 0.565. The van der Waals surface area contributed by atoms with Crippen LogP contribution in [0.15, 0.2) is 42.7 Å². The maximum absolute atomic E-state index is 14.1. The Kier molecular flexibility index (Phi) is 5.99. The molecule has 29 heavy (non-hydrogen) atoms. The van der Waals surface area contributed by atoms with Gasteiger partial charge in [-0.25, -0.2) is 4.39 Å². The Balaban J connectivity index is 1.43. The summed E-state index contributed by atoms with van der Waals surface area (Å²) in [5.74, 6) is -0.00635. The normalized spacial score (nSPS) is 25.7. The van der Waals surface area contributed by atoms with Crippen molar-refractivity contribution in [2.24, 2.45) is 5.41 Å². The van der Waals surface area contributed by atoms with Gasteiger partial charge in [0.2, 0.25) is 5.91 Å². The lowest BCUT2D eigenvalue weighted by Gasteiger charge is -2.52. The van der Waals surface area contributed by atoms with Crippen LogP contribution < -0.4 is 0 Å². The summed E-state index contributed by atoms with van der Waals surface area (Å²) in [6.45, 7) is 6.24. The summed E-state index contributed by atoms with van der Waals surface area (Å²) in [5.41, 5.74) is 0.283. The second kappa shape index (κ2) is 8.66. The SMILES string of the molecule is C[C@@H]1N(CCCn2cccn2)CCC[C@@]12CCCN(Cc1ccccc1F)C2=O. The van der Waals surface area contributed by atoms with Crippen LogP contribution >= 0.6 is 0 Å². The standard InChI is InChI=1S/C23H31FN4O/c1-19-23(10-4-13-26(19)15-7-17-28-16-6-12-25-28)11-5-14-27(22(23)29)18-20-8-2-3-9-21(20)24/h2-3,6,8-9,12,16,19H,4-5,7,10-11,13-15,17-18H2,1H3/t19-,23+/m0/s1. The molecule has 2 aromatic rings. The molecule has 1 aromatic carbocycles. The third-order valence-electron chi connectivity index (χ3n) is 6.89. The highest BCUT2D eigenvalue weighted by Crippen LogP contribution is 2.44. The van der Waals surface area contributed by atoms with E-state index in [0.717, 1.165) is 58.3 Å². The van der Waals surface area contributed by atoms with E-state index in [2.05, 4.69) is 16.9 Å². The molecule has 2 aliphatic heterocycles. The number of carbonyl (C=O) groups is 1. The number of benzene rings is 1. The van der Waals surface area contributed by atoms with Crippen molar-refractivity contribution in [3.8, 4) is 0 Å². The van der Waals surface area contributed by atoms with E-state index >= 15 is 0 Å². The number of likely N-dealkylation sites (tertiary alicyclic amines) is 2. The van der Waals surface area contributed by atoms with Crippen LogP contribution in [0.2, 0.25) is 0 Å². The van der Waals surface area contributed by atoms with Gasteiger partial charge in [0.1, 0.15) is 5.82 Å².